The second kappa shape index (κ2) is 10.7. The Labute approximate surface area is 182 Å². The zero-order valence-corrected chi connectivity index (χ0v) is 17.8. The lowest BCUT2D eigenvalue weighted by atomic mass is 10.0. The fraction of sp³-hybridized carbons (Fsp3) is 0.417. The normalized spacial score (nSPS) is 14.7. The van der Waals surface area contributed by atoms with Gasteiger partial charge in [0.25, 0.3) is 5.69 Å². The van der Waals surface area contributed by atoms with Gasteiger partial charge in [0, 0.05) is 24.2 Å². The summed E-state index contributed by atoms with van der Waals surface area (Å²) in [6.45, 7) is 2.16. The van der Waals surface area contributed by atoms with E-state index in [0.29, 0.717) is 12.0 Å². The number of hydrogen-bond acceptors (Lipinski definition) is 4. The molecule has 1 N–H and O–H groups in total. The van der Waals surface area contributed by atoms with Crippen molar-refractivity contribution >= 4 is 17.5 Å². The number of nitro benzene ring substituents is 1. The molecular weight excluding hydrogens is 394 g/mol. The lowest BCUT2D eigenvalue weighted by Crippen LogP contribution is -2.51. The molecule has 1 fully saturated rings. The maximum Gasteiger partial charge on any atom is 0.273 e. The molecule has 7 heteroatoms. The summed E-state index contributed by atoms with van der Waals surface area (Å²) < 4.78 is 0. The van der Waals surface area contributed by atoms with Gasteiger partial charge in [-0.15, -0.1) is 0 Å². The van der Waals surface area contributed by atoms with Crippen LogP contribution in [0.25, 0.3) is 0 Å². The third-order valence-electron chi connectivity index (χ3n) is 5.81. The van der Waals surface area contributed by atoms with Gasteiger partial charge in [0.1, 0.15) is 6.04 Å². The monoisotopic (exact) mass is 423 g/mol. The molecule has 2 aromatic carbocycles. The molecule has 2 amide bonds. The third kappa shape index (κ3) is 5.90. The molecule has 1 aliphatic rings. The Kier molecular flexibility index (Phi) is 7.76. The van der Waals surface area contributed by atoms with Gasteiger partial charge in [0.15, 0.2) is 0 Å². The molecule has 1 atom stereocenters. The molecule has 7 nitrogen and oxygen atoms in total. The molecule has 164 valence electrons. The van der Waals surface area contributed by atoms with Crippen molar-refractivity contribution in [1.29, 1.82) is 0 Å². The number of amides is 2. The summed E-state index contributed by atoms with van der Waals surface area (Å²) >= 11 is 0. The number of hydrogen-bond donors (Lipinski definition) is 1. The standard InChI is InChI=1S/C24H29N3O4/c1-2-21(24(29)25-20-13-7-8-14-20)26(17-18-10-4-3-5-11-18)23(28)16-19-12-6-9-15-22(19)27(30)31/h3-6,9-12,15,20-21H,2,7-8,13-14,16-17H2,1H3,(H,25,29). The highest BCUT2D eigenvalue weighted by Gasteiger charge is 2.31. The van der Waals surface area contributed by atoms with Crippen LogP contribution >= 0.6 is 0 Å². The summed E-state index contributed by atoms with van der Waals surface area (Å²) in [5.74, 6) is -0.451. The average molecular weight is 424 g/mol. The number of nitrogens with zero attached hydrogens (tertiary/aromatic N) is 2. The lowest BCUT2D eigenvalue weighted by Gasteiger charge is -2.31. The van der Waals surface area contributed by atoms with Gasteiger partial charge in [-0.25, -0.2) is 0 Å². The van der Waals surface area contributed by atoms with Gasteiger partial charge in [-0.2, -0.15) is 0 Å². The number of para-hydroxylation sites is 1. The lowest BCUT2D eigenvalue weighted by molar-refractivity contribution is -0.385. The van der Waals surface area contributed by atoms with E-state index in [2.05, 4.69) is 5.32 Å². The smallest absolute Gasteiger partial charge is 0.273 e. The third-order valence-corrected chi connectivity index (χ3v) is 5.81. The summed E-state index contributed by atoms with van der Waals surface area (Å²) in [4.78, 5) is 38.9. The molecular formula is C24H29N3O4. The zero-order valence-electron chi connectivity index (χ0n) is 17.8. The molecule has 0 saturated heterocycles. The summed E-state index contributed by atoms with van der Waals surface area (Å²) in [6, 6.07) is 15.3. The number of benzene rings is 2. The van der Waals surface area contributed by atoms with Crippen molar-refractivity contribution in [1.82, 2.24) is 10.2 Å². The highest BCUT2D eigenvalue weighted by atomic mass is 16.6. The van der Waals surface area contributed by atoms with Crippen LogP contribution in [0.2, 0.25) is 0 Å². The van der Waals surface area contributed by atoms with Gasteiger partial charge in [-0.05, 0) is 24.8 Å². The van der Waals surface area contributed by atoms with E-state index in [1.54, 1.807) is 23.1 Å². The molecule has 0 radical (unpaired) electrons. The van der Waals surface area contributed by atoms with Gasteiger partial charge in [-0.3, -0.25) is 19.7 Å². The Morgan fingerprint density at radius 3 is 2.39 bits per heavy atom. The number of carbonyl (C=O) groups excluding carboxylic acids is 2. The van der Waals surface area contributed by atoms with E-state index in [-0.39, 0.29) is 36.5 Å². The van der Waals surface area contributed by atoms with Gasteiger partial charge >= 0.3 is 0 Å². The second-order valence-corrected chi connectivity index (χ2v) is 7.98. The molecule has 31 heavy (non-hydrogen) atoms. The molecule has 1 saturated carbocycles. The van der Waals surface area contributed by atoms with Crippen LogP contribution in [0.3, 0.4) is 0 Å². The second-order valence-electron chi connectivity index (χ2n) is 7.98. The van der Waals surface area contributed by atoms with Crippen LogP contribution in [0.1, 0.15) is 50.2 Å². The van der Waals surface area contributed by atoms with E-state index in [4.69, 9.17) is 0 Å². The fourth-order valence-corrected chi connectivity index (χ4v) is 4.17. The minimum atomic E-state index is -0.629. The summed E-state index contributed by atoms with van der Waals surface area (Å²) in [5, 5.41) is 14.5. The Morgan fingerprint density at radius 1 is 1.10 bits per heavy atom. The SMILES string of the molecule is CCC(C(=O)NC1CCCC1)N(Cc1ccccc1)C(=O)Cc1ccccc1[N+](=O)[O-]. The van der Waals surface area contributed by atoms with Crippen molar-refractivity contribution in [3.05, 3.63) is 75.8 Å². The molecule has 0 heterocycles. The molecule has 0 aliphatic heterocycles. The van der Waals surface area contributed by atoms with Crippen LogP contribution in [0.4, 0.5) is 5.69 Å². The minimum Gasteiger partial charge on any atom is -0.352 e. The summed E-state index contributed by atoms with van der Waals surface area (Å²) in [5.41, 5.74) is 1.17. The van der Waals surface area contributed by atoms with Crippen molar-refractivity contribution in [3.8, 4) is 0 Å². The highest BCUT2D eigenvalue weighted by Crippen LogP contribution is 2.22. The molecule has 0 spiro atoms. The van der Waals surface area contributed by atoms with Crippen molar-refractivity contribution < 1.29 is 14.5 Å². The van der Waals surface area contributed by atoms with Crippen molar-refractivity contribution in [2.75, 3.05) is 0 Å². The molecule has 1 aliphatic carbocycles. The highest BCUT2D eigenvalue weighted by molar-refractivity contribution is 5.89. The number of nitro groups is 1. The molecule has 2 aromatic rings. The maximum atomic E-state index is 13.4. The zero-order chi connectivity index (χ0) is 22.2. The van der Waals surface area contributed by atoms with Gasteiger partial charge < -0.3 is 10.2 Å². The van der Waals surface area contributed by atoms with Gasteiger partial charge in [-0.1, -0.05) is 68.3 Å². The van der Waals surface area contributed by atoms with Crippen LogP contribution < -0.4 is 5.32 Å². The largest absolute Gasteiger partial charge is 0.352 e. The first-order valence-corrected chi connectivity index (χ1v) is 10.9. The number of rotatable bonds is 9. The quantitative estimate of drug-likeness (QED) is 0.487. The average Bonchev–Trinajstić information content (AvgIpc) is 3.27. The van der Waals surface area contributed by atoms with Crippen molar-refractivity contribution in [2.45, 2.75) is 64.1 Å². The first kappa shape index (κ1) is 22.5. The molecule has 0 bridgehead atoms. The maximum absolute atomic E-state index is 13.4. The van der Waals surface area contributed by atoms with Crippen LogP contribution in [0.5, 0.6) is 0 Å². The van der Waals surface area contributed by atoms with E-state index in [9.17, 15) is 19.7 Å². The molecule has 1 unspecified atom stereocenters. The van der Waals surface area contributed by atoms with E-state index in [0.717, 1.165) is 31.2 Å². The molecule has 0 aromatic heterocycles. The number of nitrogens with one attached hydrogen (secondary N) is 1. The summed E-state index contributed by atoms with van der Waals surface area (Å²) in [7, 11) is 0. The van der Waals surface area contributed by atoms with E-state index < -0.39 is 11.0 Å². The van der Waals surface area contributed by atoms with Crippen molar-refractivity contribution in [3.63, 3.8) is 0 Å². The van der Waals surface area contributed by atoms with Crippen molar-refractivity contribution in [2.24, 2.45) is 0 Å². The first-order valence-electron chi connectivity index (χ1n) is 10.9. The number of carbonyl (C=O) groups is 2. The Hall–Kier alpha value is -3.22. The Morgan fingerprint density at radius 2 is 1.74 bits per heavy atom. The fourth-order valence-electron chi connectivity index (χ4n) is 4.17. The van der Waals surface area contributed by atoms with E-state index in [1.807, 2.05) is 37.3 Å². The van der Waals surface area contributed by atoms with E-state index in [1.165, 1.54) is 6.07 Å². The van der Waals surface area contributed by atoms with E-state index >= 15 is 0 Å². The predicted octanol–water partition coefficient (Wildman–Crippen LogP) is 4.00. The van der Waals surface area contributed by atoms with Crippen LogP contribution in [-0.2, 0) is 22.6 Å². The van der Waals surface area contributed by atoms with Gasteiger partial charge in [0.05, 0.1) is 11.3 Å². The Bertz CT molecular complexity index is 910. The Balaban J connectivity index is 1.84. The molecule has 3 rings (SSSR count). The first-order chi connectivity index (χ1) is 15.0. The van der Waals surface area contributed by atoms with Crippen LogP contribution in [0.15, 0.2) is 54.6 Å². The van der Waals surface area contributed by atoms with Gasteiger partial charge in [0.2, 0.25) is 11.8 Å². The van der Waals surface area contributed by atoms with Crippen LogP contribution in [0, 0.1) is 10.1 Å². The topological polar surface area (TPSA) is 92.6 Å². The summed E-state index contributed by atoms with van der Waals surface area (Å²) in [6.07, 6.45) is 4.47. The predicted molar refractivity (Wildman–Crippen MR) is 118 cm³/mol. The minimum absolute atomic E-state index is 0.0843. The van der Waals surface area contributed by atoms with Crippen LogP contribution in [-0.4, -0.2) is 33.7 Å².